The van der Waals surface area contributed by atoms with E-state index in [0.717, 1.165) is 22.3 Å². The number of hydrogen-bond acceptors (Lipinski definition) is 2. The molecule has 0 atom stereocenters. The van der Waals surface area contributed by atoms with E-state index in [-0.39, 0.29) is 18.4 Å². The molecule has 0 aromatic heterocycles. The second kappa shape index (κ2) is 9.00. The molecule has 4 heteroatoms. The van der Waals surface area contributed by atoms with E-state index in [1.807, 2.05) is 62.4 Å². The van der Waals surface area contributed by atoms with Gasteiger partial charge in [-0.3, -0.25) is 0 Å². The largest absolute Gasteiger partial charge is 0.457 e. The van der Waals surface area contributed by atoms with Crippen LogP contribution in [-0.2, 0) is 0 Å². The molecule has 0 aliphatic heterocycles. The molecule has 4 rings (SSSR count). The van der Waals surface area contributed by atoms with Crippen LogP contribution in [0, 0.1) is 25.5 Å². The standard InChI is InChI=1S/C27H22F2O2/c1-18-3-7-20(8-4-18)24-13-11-22(15-26(24)28)30-17-31-23-12-14-25(27(29)16-23)21-9-5-19(2)6-10-21/h3-16H,17H2,1-2H3. The lowest BCUT2D eigenvalue weighted by Gasteiger charge is -2.11. The van der Waals surface area contributed by atoms with Gasteiger partial charge in [-0.25, -0.2) is 8.78 Å². The molecule has 4 aromatic carbocycles. The third-order valence-electron chi connectivity index (χ3n) is 5.06. The molecule has 0 bridgehead atoms. The zero-order valence-electron chi connectivity index (χ0n) is 17.4. The van der Waals surface area contributed by atoms with Crippen LogP contribution in [0.15, 0.2) is 84.9 Å². The first-order valence-corrected chi connectivity index (χ1v) is 9.98. The fourth-order valence-electron chi connectivity index (χ4n) is 3.27. The highest BCUT2D eigenvalue weighted by atomic mass is 19.1. The van der Waals surface area contributed by atoms with Crippen LogP contribution in [-0.4, -0.2) is 6.79 Å². The van der Waals surface area contributed by atoms with Crippen LogP contribution in [0.25, 0.3) is 22.3 Å². The second-order valence-corrected chi connectivity index (χ2v) is 7.42. The van der Waals surface area contributed by atoms with Crippen LogP contribution >= 0.6 is 0 Å². The number of aryl methyl sites for hydroxylation is 2. The van der Waals surface area contributed by atoms with Gasteiger partial charge < -0.3 is 9.47 Å². The average molecular weight is 416 g/mol. The molecule has 0 saturated carbocycles. The highest BCUT2D eigenvalue weighted by Crippen LogP contribution is 2.28. The fourth-order valence-corrected chi connectivity index (χ4v) is 3.27. The van der Waals surface area contributed by atoms with E-state index in [1.165, 1.54) is 12.1 Å². The van der Waals surface area contributed by atoms with Gasteiger partial charge in [0.15, 0.2) is 0 Å². The van der Waals surface area contributed by atoms with Crippen molar-refractivity contribution >= 4 is 0 Å². The molecule has 0 saturated heterocycles. The topological polar surface area (TPSA) is 18.5 Å². The van der Waals surface area contributed by atoms with Crippen LogP contribution < -0.4 is 9.47 Å². The van der Waals surface area contributed by atoms with Gasteiger partial charge in [-0.1, -0.05) is 59.7 Å². The van der Waals surface area contributed by atoms with Crippen LogP contribution in [0.4, 0.5) is 8.78 Å². The molecule has 156 valence electrons. The summed E-state index contributed by atoms with van der Waals surface area (Å²) in [5.74, 6) is -0.0834. The normalized spacial score (nSPS) is 10.7. The van der Waals surface area contributed by atoms with Crippen LogP contribution in [0.5, 0.6) is 11.5 Å². The van der Waals surface area contributed by atoms with Crippen LogP contribution in [0.2, 0.25) is 0 Å². The Labute approximate surface area is 180 Å². The molecular formula is C27H22F2O2. The lowest BCUT2D eigenvalue weighted by Crippen LogP contribution is -2.06. The van der Waals surface area contributed by atoms with Crippen molar-refractivity contribution in [3.05, 3.63) is 108 Å². The second-order valence-electron chi connectivity index (χ2n) is 7.42. The molecule has 31 heavy (non-hydrogen) atoms. The summed E-state index contributed by atoms with van der Waals surface area (Å²) in [6.07, 6.45) is 0. The number of ether oxygens (including phenoxy) is 2. The summed E-state index contributed by atoms with van der Waals surface area (Å²) < 4.78 is 40.0. The molecule has 0 aliphatic carbocycles. The molecule has 0 amide bonds. The Morgan fingerprint density at radius 2 is 0.935 bits per heavy atom. The van der Waals surface area contributed by atoms with Gasteiger partial charge in [0, 0.05) is 23.3 Å². The lowest BCUT2D eigenvalue weighted by molar-refractivity contribution is 0.119. The monoisotopic (exact) mass is 416 g/mol. The van der Waals surface area contributed by atoms with Crippen molar-refractivity contribution in [3.63, 3.8) is 0 Å². The van der Waals surface area contributed by atoms with Crippen molar-refractivity contribution in [1.29, 1.82) is 0 Å². The predicted octanol–water partition coefficient (Wildman–Crippen LogP) is 7.33. The third-order valence-corrected chi connectivity index (χ3v) is 5.06. The molecule has 0 aliphatic rings. The van der Waals surface area contributed by atoms with Crippen molar-refractivity contribution < 1.29 is 18.3 Å². The zero-order chi connectivity index (χ0) is 21.8. The molecule has 0 fully saturated rings. The maximum Gasteiger partial charge on any atom is 0.230 e. The summed E-state index contributed by atoms with van der Waals surface area (Å²) in [5.41, 5.74) is 4.84. The quantitative estimate of drug-likeness (QED) is 0.306. The summed E-state index contributed by atoms with van der Waals surface area (Å²) in [5, 5.41) is 0. The van der Waals surface area contributed by atoms with E-state index in [1.54, 1.807) is 24.3 Å². The Morgan fingerprint density at radius 3 is 1.29 bits per heavy atom. The Hall–Kier alpha value is -3.66. The van der Waals surface area contributed by atoms with Crippen molar-refractivity contribution in [2.24, 2.45) is 0 Å². The molecule has 2 nitrogen and oxygen atoms in total. The number of rotatable bonds is 6. The SMILES string of the molecule is Cc1ccc(-c2ccc(OCOc3ccc(-c4ccc(C)cc4)c(F)c3)cc2F)cc1. The summed E-state index contributed by atoms with van der Waals surface area (Å²) >= 11 is 0. The smallest absolute Gasteiger partial charge is 0.230 e. The zero-order valence-corrected chi connectivity index (χ0v) is 17.4. The molecule has 0 spiro atoms. The van der Waals surface area contributed by atoms with Gasteiger partial charge in [-0.2, -0.15) is 0 Å². The molecule has 4 aromatic rings. The Balaban J connectivity index is 1.39. The first-order valence-electron chi connectivity index (χ1n) is 9.98. The Bertz CT molecular complexity index is 1090. The minimum atomic E-state index is -0.380. The summed E-state index contributed by atoms with van der Waals surface area (Å²) in [7, 11) is 0. The average Bonchev–Trinajstić information content (AvgIpc) is 2.76. The fraction of sp³-hybridized carbons (Fsp3) is 0.111. The van der Waals surface area contributed by atoms with Gasteiger partial charge in [0.2, 0.25) is 6.79 Å². The molecular weight excluding hydrogens is 394 g/mol. The number of benzene rings is 4. The molecule has 0 unspecified atom stereocenters. The third kappa shape index (κ3) is 4.92. The van der Waals surface area contributed by atoms with Gasteiger partial charge in [0.25, 0.3) is 0 Å². The van der Waals surface area contributed by atoms with Crippen LogP contribution in [0.3, 0.4) is 0 Å². The maximum absolute atomic E-state index is 14.5. The van der Waals surface area contributed by atoms with E-state index in [2.05, 4.69) is 0 Å². The van der Waals surface area contributed by atoms with Gasteiger partial charge in [-0.15, -0.1) is 0 Å². The van der Waals surface area contributed by atoms with Crippen LogP contribution in [0.1, 0.15) is 11.1 Å². The lowest BCUT2D eigenvalue weighted by atomic mass is 10.0. The summed E-state index contributed by atoms with van der Waals surface area (Å²) in [6, 6.07) is 24.6. The van der Waals surface area contributed by atoms with Gasteiger partial charge >= 0.3 is 0 Å². The number of hydrogen-bond donors (Lipinski definition) is 0. The van der Waals surface area contributed by atoms with Gasteiger partial charge in [0.05, 0.1) is 0 Å². The van der Waals surface area contributed by atoms with Crippen molar-refractivity contribution in [3.8, 4) is 33.8 Å². The Morgan fingerprint density at radius 1 is 0.548 bits per heavy atom. The minimum Gasteiger partial charge on any atom is -0.457 e. The van der Waals surface area contributed by atoms with Gasteiger partial charge in [-0.05, 0) is 49.2 Å². The van der Waals surface area contributed by atoms with E-state index >= 15 is 0 Å². The summed E-state index contributed by atoms with van der Waals surface area (Å²) in [4.78, 5) is 0. The van der Waals surface area contributed by atoms with E-state index in [0.29, 0.717) is 22.6 Å². The highest BCUT2D eigenvalue weighted by Gasteiger charge is 2.09. The predicted molar refractivity (Wildman–Crippen MR) is 119 cm³/mol. The van der Waals surface area contributed by atoms with Crippen molar-refractivity contribution in [2.75, 3.05) is 6.79 Å². The van der Waals surface area contributed by atoms with Crippen molar-refractivity contribution in [1.82, 2.24) is 0 Å². The molecule has 0 radical (unpaired) electrons. The van der Waals surface area contributed by atoms with Gasteiger partial charge in [0.1, 0.15) is 23.1 Å². The van der Waals surface area contributed by atoms with Crippen molar-refractivity contribution in [2.45, 2.75) is 13.8 Å². The van der Waals surface area contributed by atoms with E-state index < -0.39 is 0 Å². The maximum atomic E-state index is 14.5. The first-order chi connectivity index (χ1) is 15.0. The number of halogens is 2. The first kappa shape index (κ1) is 20.6. The molecule has 0 N–H and O–H groups in total. The highest BCUT2D eigenvalue weighted by molar-refractivity contribution is 5.66. The summed E-state index contributed by atoms with van der Waals surface area (Å²) in [6.45, 7) is 3.81. The Kier molecular flexibility index (Phi) is 5.99. The minimum absolute atomic E-state index is 0.160. The van der Waals surface area contributed by atoms with E-state index in [9.17, 15) is 8.78 Å². The van der Waals surface area contributed by atoms with E-state index in [4.69, 9.17) is 9.47 Å². The molecule has 0 heterocycles.